The number of nitrogens with one attached hydrogen (secondary N) is 1. The fourth-order valence-electron chi connectivity index (χ4n) is 1.93. The van der Waals surface area contributed by atoms with Crippen molar-refractivity contribution in [2.75, 3.05) is 17.6 Å². The number of benzene rings is 2. The monoisotopic (exact) mass is 274 g/mol. The number of nitrogen functional groups attached to an aromatic ring is 1. The highest BCUT2D eigenvalue weighted by Gasteiger charge is 2.09. The number of carboxylic acids is 1. The third kappa shape index (κ3) is 3.47. The molecule has 0 atom stereocenters. The number of hydrogen-bond donors (Lipinski definition) is 3. The summed E-state index contributed by atoms with van der Waals surface area (Å²) in [5.74, 6) is -1.31. The number of aromatic carboxylic acids is 1. The van der Waals surface area contributed by atoms with Crippen molar-refractivity contribution in [2.45, 2.75) is 6.42 Å². The number of carboxylic acid groups (broad SMARTS) is 1. The van der Waals surface area contributed by atoms with E-state index in [-0.39, 0.29) is 11.4 Å². The molecule has 0 bridgehead atoms. The number of carbonyl (C=O) groups is 1. The van der Waals surface area contributed by atoms with Crippen molar-refractivity contribution in [1.29, 1.82) is 0 Å². The summed E-state index contributed by atoms with van der Waals surface area (Å²) in [4.78, 5) is 11.1. The maximum atomic E-state index is 13.0. The van der Waals surface area contributed by atoms with E-state index in [1.165, 1.54) is 18.2 Å². The Bertz CT molecular complexity index is 629. The lowest BCUT2D eigenvalue weighted by molar-refractivity contribution is 0.0698. The molecular weight excluding hydrogens is 259 g/mol. The van der Waals surface area contributed by atoms with Gasteiger partial charge in [-0.15, -0.1) is 0 Å². The van der Waals surface area contributed by atoms with Crippen molar-refractivity contribution >= 4 is 17.3 Å². The van der Waals surface area contributed by atoms with E-state index in [0.29, 0.717) is 24.3 Å². The Hall–Kier alpha value is -2.56. The molecule has 0 spiro atoms. The fourth-order valence-corrected chi connectivity index (χ4v) is 1.93. The molecule has 2 aromatic carbocycles. The quantitative estimate of drug-likeness (QED) is 0.733. The molecular formula is C15H15FN2O2. The molecule has 0 saturated carbocycles. The largest absolute Gasteiger partial charge is 0.478 e. The third-order valence-corrected chi connectivity index (χ3v) is 2.89. The van der Waals surface area contributed by atoms with Gasteiger partial charge in [-0.3, -0.25) is 0 Å². The van der Waals surface area contributed by atoms with Gasteiger partial charge in [-0.05, 0) is 42.3 Å². The summed E-state index contributed by atoms with van der Waals surface area (Å²) in [5, 5.41) is 12.1. The number of rotatable bonds is 5. The van der Waals surface area contributed by atoms with Gasteiger partial charge in [0.15, 0.2) is 0 Å². The summed E-state index contributed by atoms with van der Waals surface area (Å²) in [5.41, 5.74) is 7.45. The van der Waals surface area contributed by atoms with Crippen LogP contribution in [0.15, 0.2) is 42.5 Å². The lowest BCUT2D eigenvalue weighted by Gasteiger charge is -2.10. The summed E-state index contributed by atoms with van der Waals surface area (Å²) in [6, 6.07) is 11.0. The molecule has 5 heteroatoms. The Kier molecular flexibility index (Phi) is 4.20. The van der Waals surface area contributed by atoms with E-state index >= 15 is 0 Å². The fraction of sp³-hybridized carbons (Fsp3) is 0.133. The van der Waals surface area contributed by atoms with E-state index in [0.717, 1.165) is 5.56 Å². The van der Waals surface area contributed by atoms with Crippen LogP contribution in [-0.2, 0) is 6.42 Å². The van der Waals surface area contributed by atoms with Crippen molar-refractivity contribution in [1.82, 2.24) is 0 Å². The van der Waals surface area contributed by atoms with Crippen LogP contribution >= 0.6 is 0 Å². The van der Waals surface area contributed by atoms with Crippen LogP contribution in [0.4, 0.5) is 15.8 Å². The van der Waals surface area contributed by atoms with Crippen LogP contribution in [-0.4, -0.2) is 17.6 Å². The smallest absolute Gasteiger partial charge is 0.337 e. The van der Waals surface area contributed by atoms with Gasteiger partial charge in [-0.2, -0.15) is 0 Å². The van der Waals surface area contributed by atoms with Crippen molar-refractivity contribution in [3.05, 3.63) is 59.4 Å². The molecule has 20 heavy (non-hydrogen) atoms. The molecule has 4 nitrogen and oxygen atoms in total. The minimum atomic E-state index is -1.04. The zero-order valence-corrected chi connectivity index (χ0v) is 10.8. The second kappa shape index (κ2) is 6.06. The SMILES string of the molecule is Nc1ccc(NCCc2cccc(F)c2)c(C(=O)O)c1. The van der Waals surface area contributed by atoms with E-state index in [4.69, 9.17) is 10.8 Å². The Morgan fingerprint density at radius 3 is 2.75 bits per heavy atom. The van der Waals surface area contributed by atoms with Gasteiger partial charge in [0.25, 0.3) is 0 Å². The van der Waals surface area contributed by atoms with Gasteiger partial charge in [0.2, 0.25) is 0 Å². The first-order valence-electron chi connectivity index (χ1n) is 6.17. The van der Waals surface area contributed by atoms with Gasteiger partial charge in [0, 0.05) is 17.9 Å². The highest BCUT2D eigenvalue weighted by atomic mass is 19.1. The summed E-state index contributed by atoms with van der Waals surface area (Å²) >= 11 is 0. The highest BCUT2D eigenvalue weighted by Crippen LogP contribution is 2.19. The minimum absolute atomic E-state index is 0.129. The van der Waals surface area contributed by atoms with Crippen LogP contribution in [0.2, 0.25) is 0 Å². The first-order valence-corrected chi connectivity index (χ1v) is 6.17. The number of halogens is 1. The maximum Gasteiger partial charge on any atom is 0.337 e. The molecule has 0 amide bonds. The van der Waals surface area contributed by atoms with E-state index in [2.05, 4.69) is 5.32 Å². The first-order chi connectivity index (χ1) is 9.56. The molecule has 0 aromatic heterocycles. The Morgan fingerprint density at radius 2 is 2.05 bits per heavy atom. The second-order valence-corrected chi connectivity index (χ2v) is 4.42. The number of nitrogens with two attached hydrogens (primary N) is 1. The molecule has 104 valence electrons. The molecule has 0 saturated heterocycles. The average Bonchev–Trinajstić information content (AvgIpc) is 2.40. The third-order valence-electron chi connectivity index (χ3n) is 2.89. The standard InChI is InChI=1S/C15H15FN2O2/c16-11-3-1-2-10(8-11)6-7-18-14-5-4-12(17)9-13(14)15(19)20/h1-5,8-9,18H,6-7,17H2,(H,19,20). The van der Waals surface area contributed by atoms with Crippen LogP contribution in [0, 0.1) is 5.82 Å². The second-order valence-electron chi connectivity index (χ2n) is 4.42. The maximum absolute atomic E-state index is 13.0. The normalized spacial score (nSPS) is 10.2. The summed E-state index contributed by atoms with van der Waals surface area (Å²) in [6.45, 7) is 0.508. The number of hydrogen-bond acceptors (Lipinski definition) is 3. The Balaban J connectivity index is 2.02. The lowest BCUT2D eigenvalue weighted by atomic mass is 10.1. The van der Waals surface area contributed by atoms with E-state index < -0.39 is 5.97 Å². The molecule has 4 N–H and O–H groups in total. The predicted molar refractivity (Wildman–Crippen MR) is 76.4 cm³/mol. The van der Waals surface area contributed by atoms with Gasteiger partial charge in [-0.1, -0.05) is 12.1 Å². The molecule has 2 rings (SSSR count). The Labute approximate surface area is 116 Å². The summed E-state index contributed by atoms with van der Waals surface area (Å²) in [6.07, 6.45) is 0.598. The van der Waals surface area contributed by atoms with Crippen LogP contribution in [0.1, 0.15) is 15.9 Å². The molecule has 0 heterocycles. The van der Waals surface area contributed by atoms with Crippen LogP contribution in [0.3, 0.4) is 0 Å². The van der Waals surface area contributed by atoms with E-state index in [1.807, 2.05) is 6.07 Å². The first kappa shape index (κ1) is 13.9. The molecule has 0 fully saturated rings. The van der Waals surface area contributed by atoms with Crippen molar-refractivity contribution in [2.24, 2.45) is 0 Å². The number of anilines is 2. The van der Waals surface area contributed by atoms with Gasteiger partial charge in [0.1, 0.15) is 5.82 Å². The van der Waals surface area contributed by atoms with Crippen LogP contribution in [0.25, 0.3) is 0 Å². The topological polar surface area (TPSA) is 75.3 Å². The lowest BCUT2D eigenvalue weighted by Crippen LogP contribution is -2.10. The average molecular weight is 274 g/mol. The van der Waals surface area contributed by atoms with Crippen molar-refractivity contribution in [3.8, 4) is 0 Å². The van der Waals surface area contributed by atoms with E-state index in [1.54, 1.807) is 18.2 Å². The van der Waals surface area contributed by atoms with Gasteiger partial charge in [-0.25, -0.2) is 9.18 Å². The zero-order valence-electron chi connectivity index (χ0n) is 10.8. The highest BCUT2D eigenvalue weighted by molar-refractivity contribution is 5.95. The summed E-state index contributed by atoms with van der Waals surface area (Å²) < 4.78 is 13.0. The van der Waals surface area contributed by atoms with Crippen molar-refractivity contribution < 1.29 is 14.3 Å². The zero-order chi connectivity index (χ0) is 14.5. The molecule has 0 aliphatic carbocycles. The Morgan fingerprint density at radius 1 is 1.25 bits per heavy atom. The molecule has 2 aromatic rings. The summed E-state index contributed by atoms with van der Waals surface area (Å²) in [7, 11) is 0. The molecule has 0 unspecified atom stereocenters. The minimum Gasteiger partial charge on any atom is -0.478 e. The van der Waals surface area contributed by atoms with Crippen molar-refractivity contribution in [3.63, 3.8) is 0 Å². The van der Waals surface area contributed by atoms with Crippen LogP contribution < -0.4 is 11.1 Å². The van der Waals surface area contributed by atoms with Gasteiger partial charge < -0.3 is 16.2 Å². The predicted octanol–water partition coefficient (Wildman–Crippen LogP) is 2.76. The van der Waals surface area contributed by atoms with Crippen LogP contribution in [0.5, 0.6) is 0 Å². The van der Waals surface area contributed by atoms with Gasteiger partial charge >= 0.3 is 5.97 Å². The molecule has 0 aliphatic rings. The van der Waals surface area contributed by atoms with E-state index in [9.17, 15) is 9.18 Å². The molecule has 0 radical (unpaired) electrons. The molecule has 0 aliphatic heterocycles. The van der Waals surface area contributed by atoms with Gasteiger partial charge in [0.05, 0.1) is 5.56 Å².